The molecular weight excluding hydrogens is 417 g/mol. The normalized spacial score (nSPS) is 14.9. The number of benzene rings is 3. The molecule has 0 aliphatic carbocycles. The molecule has 0 saturated carbocycles. The predicted molar refractivity (Wildman–Crippen MR) is 132 cm³/mol. The fraction of sp³-hybridized carbons (Fsp3) is 0.259. The van der Waals surface area contributed by atoms with Gasteiger partial charge in [0, 0.05) is 23.4 Å². The molecular formula is C27H28FN3O2. The standard InChI is InChI=1S/C27H28FN3O2/c1-5-10-31-24-14-23(28)20(12-21(24)17(2)15-27(31,3)4)16-29-30-26(33)22-11-18-8-6-7-9-19(18)13-25(22)32/h6-9,11-16,32H,5,10H2,1-4H3,(H,30,33)/b29-16-. The molecule has 33 heavy (non-hydrogen) atoms. The van der Waals surface area contributed by atoms with Crippen molar-refractivity contribution in [3.05, 3.63) is 77.1 Å². The Bertz CT molecular complexity index is 1290. The van der Waals surface area contributed by atoms with E-state index >= 15 is 0 Å². The largest absolute Gasteiger partial charge is 0.507 e. The average Bonchev–Trinajstić information content (AvgIpc) is 2.76. The van der Waals surface area contributed by atoms with Crippen molar-refractivity contribution in [2.75, 3.05) is 11.4 Å². The van der Waals surface area contributed by atoms with Crippen molar-refractivity contribution in [1.82, 2.24) is 5.43 Å². The summed E-state index contributed by atoms with van der Waals surface area (Å²) >= 11 is 0. The first-order chi connectivity index (χ1) is 15.7. The van der Waals surface area contributed by atoms with Crippen molar-refractivity contribution in [1.29, 1.82) is 0 Å². The Balaban J connectivity index is 1.59. The van der Waals surface area contributed by atoms with Crippen molar-refractivity contribution >= 4 is 34.2 Å². The zero-order chi connectivity index (χ0) is 23.8. The predicted octanol–water partition coefficient (Wildman–Crippen LogP) is 5.86. The number of phenolic OH excluding ortho intramolecular Hbond substituents is 1. The van der Waals surface area contributed by atoms with Gasteiger partial charge in [0.15, 0.2) is 0 Å². The van der Waals surface area contributed by atoms with E-state index in [2.05, 4.69) is 42.3 Å². The molecule has 1 aliphatic rings. The highest BCUT2D eigenvalue weighted by Crippen LogP contribution is 2.40. The number of hydrogen-bond donors (Lipinski definition) is 2. The Morgan fingerprint density at radius 2 is 1.88 bits per heavy atom. The van der Waals surface area contributed by atoms with Crippen LogP contribution in [0.5, 0.6) is 5.75 Å². The van der Waals surface area contributed by atoms with Gasteiger partial charge < -0.3 is 10.0 Å². The molecule has 2 N–H and O–H groups in total. The number of nitrogens with zero attached hydrogens (tertiary/aromatic N) is 2. The molecule has 1 heterocycles. The third-order valence-electron chi connectivity index (χ3n) is 6.02. The van der Waals surface area contributed by atoms with Crippen molar-refractivity contribution < 1.29 is 14.3 Å². The highest BCUT2D eigenvalue weighted by molar-refractivity contribution is 6.01. The fourth-order valence-electron chi connectivity index (χ4n) is 4.48. The lowest BCUT2D eigenvalue weighted by molar-refractivity contribution is 0.0952. The number of allylic oxidation sites excluding steroid dienone is 1. The van der Waals surface area contributed by atoms with Gasteiger partial charge in [-0.3, -0.25) is 4.79 Å². The number of halogens is 1. The molecule has 170 valence electrons. The maximum atomic E-state index is 15.0. The number of hydrogen-bond acceptors (Lipinski definition) is 4. The summed E-state index contributed by atoms with van der Waals surface area (Å²) in [7, 11) is 0. The molecule has 4 rings (SSSR count). The molecule has 1 aliphatic heterocycles. The van der Waals surface area contributed by atoms with Crippen LogP contribution in [0.2, 0.25) is 0 Å². The summed E-state index contributed by atoms with van der Waals surface area (Å²) in [5.74, 6) is -1.12. The van der Waals surface area contributed by atoms with Crippen LogP contribution in [-0.4, -0.2) is 29.3 Å². The summed E-state index contributed by atoms with van der Waals surface area (Å²) in [5, 5.41) is 15.8. The first-order valence-corrected chi connectivity index (χ1v) is 11.1. The molecule has 0 unspecified atom stereocenters. The van der Waals surface area contributed by atoms with E-state index in [1.807, 2.05) is 31.2 Å². The number of carbonyl (C=O) groups excluding carboxylic acids is 1. The molecule has 3 aromatic rings. The second-order valence-corrected chi connectivity index (χ2v) is 8.94. The summed E-state index contributed by atoms with van der Waals surface area (Å²) in [5.41, 5.74) is 5.45. The van der Waals surface area contributed by atoms with Crippen LogP contribution in [-0.2, 0) is 0 Å². The van der Waals surface area contributed by atoms with Crippen LogP contribution >= 0.6 is 0 Å². The molecule has 0 aromatic heterocycles. The number of fused-ring (bicyclic) bond motifs is 2. The van der Waals surface area contributed by atoms with Gasteiger partial charge in [-0.25, -0.2) is 9.82 Å². The van der Waals surface area contributed by atoms with E-state index in [0.717, 1.165) is 40.6 Å². The van der Waals surface area contributed by atoms with Gasteiger partial charge in [0.05, 0.1) is 17.3 Å². The van der Waals surface area contributed by atoms with Gasteiger partial charge in [-0.15, -0.1) is 0 Å². The second kappa shape index (κ2) is 8.70. The number of amides is 1. The third kappa shape index (κ3) is 4.33. The van der Waals surface area contributed by atoms with Crippen molar-refractivity contribution in [2.45, 2.75) is 39.7 Å². The maximum Gasteiger partial charge on any atom is 0.275 e. The van der Waals surface area contributed by atoms with Crippen LogP contribution in [0.3, 0.4) is 0 Å². The summed E-state index contributed by atoms with van der Waals surface area (Å²) in [4.78, 5) is 14.8. The Hall–Kier alpha value is -3.67. The minimum absolute atomic E-state index is 0.105. The number of nitrogens with one attached hydrogen (secondary N) is 1. The second-order valence-electron chi connectivity index (χ2n) is 8.94. The topological polar surface area (TPSA) is 64.9 Å². The van der Waals surface area contributed by atoms with E-state index in [4.69, 9.17) is 0 Å². The highest BCUT2D eigenvalue weighted by atomic mass is 19.1. The number of phenols is 1. The molecule has 0 fully saturated rings. The van der Waals surface area contributed by atoms with Gasteiger partial charge in [-0.05, 0) is 67.8 Å². The Morgan fingerprint density at radius 1 is 1.18 bits per heavy atom. The highest BCUT2D eigenvalue weighted by Gasteiger charge is 2.31. The lowest BCUT2D eigenvalue weighted by Gasteiger charge is -2.43. The number of rotatable bonds is 5. The Morgan fingerprint density at radius 3 is 2.58 bits per heavy atom. The van der Waals surface area contributed by atoms with Gasteiger partial charge in [-0.1, -0.05) is 37.3 Å². The number of anilines is 1. The Labute approximate surface area is 193 Å². The lowest BCUT2D eigenvalue weighted by Crippen LogP contribution is -2.45. The zero-order valence-electron chi connectivity index (χ0n) is 19.3. The van der Waals surface area contributed by atoms with Gasteiger partial charge in [0.1, 0.15) is 11.6 Å². The SMILES string of the molecule is CCCN1c2cc(F)c(/C=N\NC(=O)c3cc4ccccc4cc3O)cc2C(C)=CC1(C)C. The zero-order valence-corrected chi connectivity index (χ0v) is 19.3. The van der Waals surface area contributed by atoms with Crippen LogP contribution in [0.25, 0.3) is 16.3 Å². The molecule has 0 spiro atoms. The van der Waals surface area contributed by atoms with Crippen LogP contribution in [0, 0.1) is 5.82 Å². The number of aromatic hydroxyl groups is 1. The van der Waals surface area contributed by atoms with E-state index in [0.29, 0.717) is 0 Å². The van der Waals surface area contributed by atoms with Gasteiger partial charge in [0.2, 0.25) is 0 Å². The first kappa shape index (κ1) is 22.5. The van der Waals surface area contributed by atoms with Gasteiger partial charge >= 0.3 is 0 Å². The van der Waals surface area contributed by atoms with Gasteiger partial charge in [-0.2, -0.15) is 5.10 Å². The molecule has 0 bridgehead atoms. The first-order valence-electron chi connectivity index (χ1n) is 11.1. The summed E-state index contributed by atoms with van der Waals surface area (Å²) < 4.78 is 15.0. The number of carbonyl (C=O) groups is 1. The number of hydrazone groups is 1. The van der Waals surface area contributed by atoms with E-state index < -0.39 is 11.7 Å². The van der Waals surface area contributed by atoms with E-state index in [-0.39, 0.29) is 22.4 Å². The minimum Gasteiger partial charge on any atom is -0.507 e. The summed E-state index contributed by atoms with van der Waals surface area (Å²) in [6, 6.07) is 13.9. The molecule has 6 heteroatoms. The Kier molecular flexibility index (Phi) is 5.93. The molecule has 0 radical (unpaired) electrons. The molecule has 5 nitrogen and oxygen atoms in total. The smallest absolute Gasteiger partial charge is 0.275 e. The molecule has 0 saturated heterocycles. The van der Waals surface area contributed by atoms with Gasteiger partial charge in [0.25, 0.3) is 5.91 Å². The van der Waals surface area contributed by atoms with Crippen LogP contribution in [0.15, 0.2) is 59.7 Å². The molecule has 1 amide bonds. The van der Waals surface area contributed by atoms with Crippen LogP contribution in [0.1, 0.15) is 55.6 Å². The van der Waals surface area contributed by atoms with E-state index in [1.165, 1.54) is 12.3 Å². The summed E-state index contributed by atoms with van der Waals surface area (Å²) in [6.07, 6.45) is 4.44. The lowest BCUT2D eigenvalue weighted by atomic mass is 9.88. The van der Waals surface area contributed by atoms with Crippen molar-refractivity contribution in [3.8, 4) is 5.75 Å². The maximum absolute atomic E-state index is 15.0. The van der Waals surface area contributed by atoms with Crippen LogP contribution < -0.4 is 10.3 Å². The van der Waals surface area contributed by atoms with Crippen molar-refractivity contribution in [2.24, 2.45) is 5.10 Å². The third-order valence-corrected chi connectivity index (χ3v) is 6.02. The minimum atomic E-state index is -0.570. The van der Waals surface area contributed by atoms with Crippen molar-refractivity contribution in [3.63, 3.8) is 0 Å². The van der Waals surface area contributed by atoms with E-state index in [9.17, 15) is 14.3 Å². The molecule has 3 aromatic carbocycles. The average molecular weight is 446 g/mol. The molecule has 0 atom stereocenters. The van der Waals surface area contributed by atoms with Crippen LogP contribution in [0.4, 0.5) is 10.1 Å². The fourth-order valence-corrected chi connectivity index (χ4v) is 4.48. The summed E-state index contributed by atoms with van der Waals surface area (Å²) in [6.45, 7) is 9.20. The van der Waals surface area contributed by atoms with E-state index in [1.54, 1.807) is 18.2 Å². The monoisotopic (exact) mass is 445 g/mol. The quantitative estimate of drug-likeness (QED) is 0.382.